The number of nitrogens with zero attached hydrogens (tertiary/aromatic N) is 3. The second-order valence-corrected chi connectivity index (χ2v) is 9.73. The van der Waals surface area contributed by atoms with Crippen LogP contribution in [0.25, 0.3) is 11.4 Å². The summed E-state index contributed by atoms with van der Waals surface area (Å²) in [4.78, 5) is 0.0606. The molecule has 31 heavy (non-hydrogen) atoms. The summed E-state index contributed by atoms with van der Waals surface area (Å²) in [6, 6.07) is 10.3. The van der Waals surface area contributed by atoms with Crippen LogP contribution in [-0.4, -0.2) is 36.4 Å². The number of anilines is 1. The molecule has 164 valence electrons. The minimum atomic E-state index is -3.95. The van der Waals surface area contributed by atoms with Gasteiger partial charge in [0.2, 0.25) is 0 Å². The van der Waals surface area contributed by atoms with Gasteiger partial charge in [0.15, 0.2) is 5.82 Å². The Hall–Kier alpha value is -2.49. The fraction of sp³-hybridized carbons (Fsp3) is 0.333. The van der Waals surface area contributed by atoms with E-state index in [1.165, 1.54) is 18.2 Å². The summed E-state index contributed by atoms with van der Waals surface area (Å²) in [5.41, 5.74) is 0.381. The number of rotatable bonds is 6. The highest BCUT2D eigenvalue weighted by atomic mass is 35.5. The van der Waals surface area contributed by atoms with Crippen molar-refractivity contribution in [2.45, 2.75) is 37.1 Å². The molecule has 3 aromatic rings. The lowest BCUT2D eigenvalue weighted by molar-refractivity contribution is 0.192. The smallest absolute Gasteiger partial charge is 0.261 e. The molecule has 1 unspecified atom stereocenters. The molecular weight excluding hydrogens is 443 g/mol. The molecule has 2 heterocycles. The van der Waals surface area contributed by atoms with Crippen LogP contribution in [0, 0.1) is 5.82 Å². The van der Waals surface area contributed by atoms with Gasteiger partial charge in [-0.05, 0) is 38.5 Å². The summed E-state index contributed by atoms with van der Waals surface area (Å²) in [5, 5.41) is 8.55. The molecule has 0 amide bonds. The molecule has 1 aliphatic heterocycles. The lowest BCUT2D eigenvalue weighted by Crippen LogP contribution is -2.16. The number of nitrogens with one attached hydrogen (secondary N) is 1. The number of benzene rings is 2. The molecule has 0 spiro atoms. The highest BCUT2D eigenvalue weighted by Gasteiger charge is 2.28. The van der Waals surface area contributed by atoms with Gasteiger partial charge in [-0.15, -0.1) is 10.2 Å². The average molecular weight is 465 g/mol. The lowest BCUT2D eigenvalue weighted by atomic mass is 10.1. The Bertz CT molecular complexity index is 1190. The highest BCUT2D eigenvalue weighted by Crippen LogP contribution is 2.36. The van der Waals surface area contributed by atoms with Crippen molar-refractivity contribution in [3.05, 3.63) is 59.1 Å². The maximum absolute atomic E-state index is 14.3. The molecule has 7 nitrogen and oxygen atoms in total. The van der Waals surface area contributed by atoms with Gasteiger partial charge >= 0.3 is 0 Å². The quantitative estimate of drug-likeness (QED) is 0.575. The van der Waals surface area contributed by atoms with Crippen LogP contribution in [0.1, 0.15) is 38.1 Å². The monoisotopic (exact) mass is 464 g/mol. The summed E-state index contributed by atoms with van der Waals surface area (Å²) in [7, 11) is -3.95. The minimum absolute atomic E-state index is 0.0250. The molecule has 2 aromatic carbocycles. The fourth-order valence-electron chi connectivity index (χ4n) is 3.63. The third kappa shape index (κ3) is 4.30. The van der Waals surface area contributed by atoms with Crippen molar-refractivity contribution in [1.29, 1.82) is 0 Å². The number of aromatic nitrogens is 3. The van der Waals surface area contributed by atoms with Gasteiger partial charge in [0.1, 0.15) is 11.6 Å². The molecule has 4 rings (SSSR count). The molecule has 1 atom stereocenters. The van der Waals surface area contributed by atoms with Gasteiger partial charge in [-0.3, -0.25) is 4.72 Å². The predicted octanol–water partition coefficient (Wildman–Crippen LogP) is 4.62. The van der Waals surface area contributed by atoms with E-state index in [9.17, 15) is 12.8 Å². The third-order valence-electron chi connectivity index (χ3n) is 5.13. The SMILES string of the molecule is CC(C)n1c(-c2cc(Cl)c(F)cc2NS(=O)(=O)c2ccccc2)nnc1C1CCOC1. The zero-order valence-electron chi connectivity index (χ0n) is 17.0. The Kier molecular flexibility index (Phi) is 6.00. The zero-order valence-corrected chi connectivity index (χ0v) is 18.6. The van der Waals surface area contributed by atoms with Gasteiger partial charge in [0, 0.05) is 30.2 Å². The standard InChI is InChI=1S/C21H22ClFN4O3S/c1-13(2)27-20(14-8-9-30-12-14)24-25-21(27)16-10-17(22)18(23)11-19(16)26-31(28,29)15-6-4-3-5-7-15/h3-7,10-11,13-14,26H,8-9,12H2,1-2H3. The first-order chi connectivity index (χ1) is 14.8. The number of sulfonamides is 1. The van der Waals surface area contributed by atoms with Gasteiger partial charge in [-0.2, -0.15) is 0 Å². The van der Waals surface area contributed by atoms with Crippen molar-refractivity contribution in [3.8, 4) is 11.4 Å². The first-order valence-electron chi connectivity index (χ1n) is 9.87. The first-order valence-corrected chi connectivity index (χ1v) is 11.7. The normalized spacial score (nSPS) is 16.7. The molecule has 1 saturated heterocycles. The average Bonchev–Trinajstić information content (AvgIpc) is 3.40. The van der Waals surface area contributed by atoms with Gasteiger partial charge in [-0.25, -0.2) is 12.8 Å². The van der Waals surface area contributed by atoms with Crippen LogP contribution >= 0.6 is 11.6 Å². The largest absolute Gasteiger partial charge is 0.381 e. The van der Waals surface area contributed by atoms with Crippen LogP contribution < -0.4 is 4.72 Å². The summed E-state index contributed by atoms with van der Waals surface area (Å²) in [5.74, 6) is 0.504. The van der Waals surface area contributed by atoms with E-state index in [1.807, 2.05) is 18.4 Å². The van der Waals surface area contributed by atoms with Crippen LogP contribution in [0.3, 0.4) is 0 Å². The first kappa shape index (κ1) is 21.7. The van der Waals surface area contributed by atoms with E-state index in [0.29, 0.717) is 24.6 Å². The molecule has 0 bridgehead atoms. The Morgan fingerprint density at radius 3 is 2.61 bits per heavy atom. The molecule has 1 aliphatic rings. The molecule has 1 aromatic heterocycles. The fourth-order valence-corrected chi connectivity index (χ4v) is 4.89. The minimum Gasteiger partial charge on any atom is -0.381 e. The molecule has 1 N–H and O–H groups in total. The van der Waals surface area contributed by atoms with E-state index in [4.69, 9.17) is 16.3 Å². The maximum atomic E-state index is 14.3. The Morgan fingerprint density at radius 1 is 1.23 bits per heavy atom. The van der Waals surface area contributed by atoms with Crippen LogP contribution in [0.15, 0.2) is 47.4 Å². The second kappa shape index (κ2) is 8.57. The van der Waals surface area contributed by atoms with E-state index in [2.05, 4.69) is 14.9 Å². The van der Waals surface area contributed by atoms with Crippen LogP contribution in [-0.2, 0) is 14.8 Å². The van der Waals surface area contributed by atoms with Crippen molar-refractivity contribution in [2.24, 2.45) is 0 Å². The van der Waals surface area contributed by atoms with Gasteiger partial charge in [0.25, 0.3) is 10.0 Å². The van der Waals surface area contributed by atoms with Gasteiger partial charge in [-0.1, -0.05) is 29.8 Å². The predicted molar refractivity (Wildman–Crippen MR) is 116 cm³/mol. The number of hydrogen-bond acceptors (Lipinski definition) is 5. The van der Waals surface area contributed by atoms with Crippen LogP contribution in [0.5, 0.6) is 0 Å². The van der Waals surface area contributed by atoms with Crippen LogP contribution in [0.2, 0.25) is 5.02 Å². The summed E-state index contributed by atoms with van der Waals surface area (Å²) in [6.45, 7) is 5.15. The molecule has 10 heteroatoms. The Balaban J connectivity index is 1.84. The van der Waals surface area contributed by atoms with Crippen molar-refractivity contribution in [2.75, 3.05) is 17.9 Å². The summed E-state index contributed by atoms with van der Waals surface area (Å²) < 4.78 is 50.0. The number of hydrogen-bond donors (Lipinski definition) is 1. The van der Waals surface area contributed by atoms with Gasteiger partial charge in [0.05, 0.1) is 22.2 Å². The zero-order chi connectivity index (χ0) is 22.2. The summed E-state index contributed by atoms with van der Waals surface area (Å²) in [6.07, 6.45) is 0.822. The number of halogens is 2. The van der Waals surface area contributed by atoms with E-state index in [0.717, 1.165) is 18.3 Å². The van der Waals surface area contributed by atoms with Crippen molar-refractivity contribution >= 4 is 27.3 Å². The van der Waals surface area contributed by atoms with Crippen molar-refractivity contribution in [3.63, 3.8) is 0 Å². The summed E-state index contributed by atoms with van der Waals surface area (Å²) >= 11 is 6.06. The topological polar surface area (TPSA) is 86.1 Å². The molecule has 0 saturated carbocycles. The maximum Gasteiger partial charge on any atom is 0.261 e. The molecular formula is C21H22ClFN4O3S. The van der Waals surface area contributed by atoms with E-state index >= 15 is 0 Å². The van der Waals surface area contributed by atoms with E-state index in [1.54, 1.807) is 18.2 Å². The number of ether oxygens (including phenoxy) is 1. The molecule has 0 radical (unpaired) electrons. The Labute approximate surface area is 185 Å². The van der Waals surface area contributed by atoms with E-state index < -0.39 is 15.8 Å². The van der Waals surface area contributed by atoms with Crippen molar-refractivity contribution < 1.29 is 17.5 Å². The second-order valence-electron chi connectivity index (χ2n) is 7.64. The lowest BCUT2D eigenvalue weighted by Gasteiger charge is -2.19. The van der Waals surface area contributed by atoms with Crippen molar-refractivity contribution in [1.82, 2.24) is 14.8 Å². The van der Waals surface area contributed by atoms with Gasteiger partial charge < -0.3 is 9.30 Å². The highest BCUT2D eigenvalue weighted by molar-refractivity contribution is 7.92. The molecule has 1 fully saturated rings. The van der Waals surface area contributed by atoms with Crippen LogP contribution in [0.4, 0.5) is 10.1 Å². The molecule has 0 aliphatic carbocycles. The van der Waals surface area contributed by atoms with E-state index in [-0.39, 0.29) is 27.6 Å². The third-order valence-corrected chi connectivity index (χ3v) is 6.80. The Morgan fingerprint density at radius 2 is 1.97 bits per heavy atom.